The fourth-order valence-electron chi connectivity index (χ4n) is 3.95. The maximum absolute atomic E-state index is 13.7. The summed E-state index contributed by atoms with van der Waals surface area (Å²) in [6.07, 6.45) is 3.87. The Bertz CT molecular complexity index is 1260. The molecule has 0 aromatic carbocycles. The van der Waals surface area contributed by atoms with Gasteiger partial charge in [-0.15, -0.1) is 10.2 Å². The molecule has 0 aliphatic carbocycles. The molecule has 1 aliphatic rings. The van der Waals surface area contributed by atoms with Crippen molar-refractivity contribution in [2.45, 2.75) is 56.9 Å². The SMILES string of the molecule is COC[C@H]1COc2ncccc2-c2nnc(CS(=O)(=O)[C@@H](C)[C@H](OC(C)C)c3ncc(C)cn3)n21. The van der Waals surface area contributed by atoms with Crippen LogP contribution in [0.5, 0.6) is 5.88 Å². The van der Waals surface area contributed by atoms with Gasteiger partial charge in [-0.05, 0) is 45.4 Å². The van der Waals surface area contributed by atoms with Crippen LogP contribution in [0.15, 0.2) is 30.7 Å². The number of hydrogen-bond acceptors (Lipinski definition) is 10. The Balaban J connectivity index is 1.70. The third-order valence-corrected chi connectivity index (χ3v) is 7.75. The van der Waals surface area contributed by atoms with Crippen LogP contribution >= 0.6 is 0 Å². The van der Waals surface area contributed by atoms with Crippen LogP contribution in [-0.2, 0) is 25.1 Å². The number of methoxy groups -OCH3 is 1. The first kappa shape index (κ1) is 25.1. The molecule has 0 spiro atoms. The van der Waals surface area contributed by atoms with Crippen LogP contribution in [0.2, 0.25) is 0 Å². The van der Waals surface area contributed by atoms with Gasteiger partial charge in [-0.25, -0.2) is 23.4 Å². The lowest BCUT2D eigenvalue weighted by Gasteiger charge is -2.25. The van der Waals surface area contributed by atoms with Crippen LogP contribution in [0.3, 0.4) is 0 Å². The summed E-state index contributed by atoms with van der Waals surface area (Å²) >= 11 is 0. The van der Waals surface area contributed by atoms with Crippen LogP contribution in [0.25, 0.3) is 11.4 Å². The largest absolute Gasteiger partial charge is 0.475 e. The van der Waals surface area contributed by atoms with Crippen molar-refractivity contribution in [1.29, 1.82) is 0 Å². The Morgan fingerprint density at radius 3 is 2.60 bits per heavy atom. The number of hydrogen-bond donors (Lipinski definition) is 0. The molecule has 0 fully saturated rings. The molecule has 0 saturated heterocycles. The minimum absolute atomic E-state index is 0.223. The third-order valence-electron chi connectivity index (χ3n) is 5.71. The molecule has 0 unspecified atom stereocenters. The molecule has 12 heteroatoms. The van der Waals surface area contributed by atoms with Crippen molar-refractivity contribution >= 4 is 9.84 Å². The zero-order chi connectivity index (χ0) is 25.2. The van der Waals surface area contributed by atoms with E-state index < -0.39 is 21.2 Å². The van der Waals surface area contributed by atoms with Crippen molar-refractivity contribution in [3.05, 3.63) is 47.9 Å². The van der Waals surface area contributed by atoms with E-state index in [2.05, 4.69) is 25.1 Å². The van der Waals surface area contributed by atoms with Crippen LogP contribution in [0, 0.1) is 6.92 Å². The lowest BCUT2D eigenvalue weighted by atomic mass is 10.2. The molecule has 0 N–H and O–H groups in total. The molecule has 3 atom stereocenters. The molecule has 0 radical (unpaired) electrons. The van der Waals surface area contributed by atoms with E-state index in [1.165, 1.54) is 0 Å². The molecule has 35 heavy (non-hydrogen) atoms. The minimum Gasteiger partial charge on any atom is -0.475 e. The fourth-order valence-corrected chi connectivity index (χ4v) is 5.34. The fraction of sp³-hybridized carbons (Fsp3) is 0.522. The van der Waals surface area contributed by atoms with Gasteiger partial charge in [0.05, 0.1) is 29.6 Å². The Morgan fingerprint density at radius 2 is 1.91 bits per heavy atom. The number of sulfone groups is 1. The van der Waals surface area contributed by atoms with Crippen LogP contribution in [-0.4, -0.2) is 69.8 Å². The highest BCUT2D eigenvalue weighted by Crippen LogP contribution is 2.34. The number of rotatable bonds is 9. The van der Waals surface area contributed by atoms with Crippen molar-refractivity contribution in [2.24, 2.45) is 0 Å². The average Bonchev–Trinajstić information content (AvgIpc) is 3.15. The number of fused-ring (bicyclic) bond motifs is 3. The molecule has 0 bridgehead atoms. The number of aryl methyl sites for hydroxylation is 1. The summed E-state index contributed by atoms with van der Waals surface area (Å²) in [4.78, 5) is 12.9. The molecule has 4 rings (SSSR count). The number of pyridine rings is 1. The summed E-state index contributed by atoms with van der Waals surface area (Å²) in [5, 5.41) is 7.65. The summed E-state index contributed by atoms with van der Waals surface area (Å²) < 4.78 is 46.3. The summed E-state index contributed by atoms with van der Waals surface area (Å²) in [6, 6.07) is 3.26. The van der Waals surface area contributed by atoms with Crippen molar-refractivity contribution in [2.75, 3.05) is 20.3 Å². The minimum atomic E-state index is -3.77. The van der Waals surface area contributed by atoms with Gasteiger partial charge in [-0.2, -0.15) is 0 Å². The zero-order valence-electron chi connectivity index (χ0n) is 20.5. The second kappa shape index (κ2) is 10.3. The zero-order valence-corrected chi connectivity index (χ0v) is 21.3. The molecular formula is C23H30N6O5S. The first-order chi connectivity index (χ1) is 16.7. The normalized spacial score (nSPS) is 17.3. The van der Waals surface area contributed by atoms with E-state index in [4.69, 9.17) is 14.2 Å². The van der Waals surface area contributed by atoms with E-state index in [1.807, 2.05) is 26.8 Å². The van der Waals surface area contributed by atoms with E-state index in [1.54, 1.807) is 43.3 Å². The second-order valence-corrected chi connectivity index (χ2v) is 11.2. The lowest BCUT2D eigenvalue weighted by Crippen LogP contribution is -2.32. The van der Waals surface area contributed by atoms with E-state index in [0.717, 1.165) is 5.56 Å². The topological polar surface area (TPSA) is 131 Å². The van der Waals surface area contributed by atoms with Crippen molar-refractivity contribution < 1.29 is 22.6 Å². The first-order valence-electron chi connectivity index (χ1n) is 11.4. The number of nitrogens with zero attached hydrogens (tertiary/aromatic N) is 6. The molecular weight excluding hydrogens is 472 g/mol. The Morgan fingerprint density at radius 1 is 1.17 bits per heavy atom. The molecule has 188 valence electrons. The van der Waals surface area contributed by atoms with E-state index in [0.29, 0.717) is 28.9 Å². The van der Waals surface area contributed by atoms with Gasteiger partial charge in [0.25, 0.3) is 0 Å². The van der Waals surface area contributed by atoms with Crippen molar-refractivity contribution in [3.8, 4) is 17.3 Å². The van der Waals surface area contributed by atoms with Crippen molar-refractivity contribution in [1.82, 2.24) is 29.7 Å². The van der Waals surface area contributed by atoms with E-state index >= 15 is 0 Å². The molecule has 11 nitrogen and oxygen atoms in total. The maximum Gasteiger partial charge on any atom is 0.224 e. The van der Waals surface area contributed by atoms with Gasteiger partial charge in [0, 0.05) is 25.7 Å². The second-order valence-electron chi connectivity index (χ2n) is 8.82. The maximum atomic E-state index is 13.7. The smallest absolute Gasteiger partial charge is 0.224 e. The Labute approximate surface area is 204 Å². The number of ether oxygens (including phenoxy) is 3. The van der Waals surface area contributed by atoms with Crippen LogP contribution in [0.4, 0.5) is 0 Å². The predicted molar refractivity (Wildman–Crippen MR) is 127 cm³/mol. The molecule has 4 heterocycles. The molecule has 1 aliphatic heterocycles. The highest BCUT2D eigenvalue weighted by Gasteiger charge is 2.37. The standard InChI is InChI=1S/C23H30N6O5S/c1-14(2)34-20(21-25-9-15(3)10-26-21)16(4)35(30,31)13-19-27-28-22-18-7-6-8-24-23(18)33-12-17(11-32-5)29(19)22/h6-10,14,16-17,20H,11-13H2,1-5H3/t16-,17-,20-/m0/s1. The van der Waals surface area contributed by atoms with Gasteiger partial charge in [0.15, 0.2) is 21.5 Å². The summed E-state index contributed by atoms with van der Waals surface area (Å²) in [5.41, 5.74) is 1.52. The molecule has 0 saturated carbocycles. The molecule has 3 aromatic heterocycles. The van der Waals surface area contributed by atoms with E-state index in [-0.39, 0.29) is 31.1 Å². The van der Waals surface area contributed by atoms with Crippen LogP contribution in [0.1, 0.15) is 50.1 Å². The third kappa shape index (κ3) is 5.34. The summed E-state index contributed by atoms with van der Waals surface area (Å²) in [6.45, 7) is 7.70. The van der Waals surface area contributed by atoms with Gasteiger partial charge < -0.3 is 18.8 Å². The van der Waals surface area contributed by atoms with Gasteiger partial charge in [0.1, 0.15) is 24.3 Å². The predicted octanol–water partition coefficient (Wildman–Crippen LogP) is 2.49. The first-order valence-corrected chi connectivity index (χ1v) is 13.1. The van der Waals surface area contributed by atoms with E-state index in [9.17, 15) is 8.42 Å². The Kier molecular flexibility index (Phi) is 7.43. The average molecular weight is 503 g/mol. The summed E-state index contributed by atoms with van der Waals surface area (Å²) in [7, 11) is -2.20. The summed E-state index contributed by atoms with van der Waals surface area (Å²) in [5.74, 6) is 1.18. The quantitative estimate of drug-likeness (QED) is 0.430. The highest BCUT2D eigenvalue weighted by atomic mass is 32.2. The highest BCUT2D eigenvalue weighted by molar-refractivity contribution is 7.91. The van der Waals surface area contributed by atoms with Gasteiger partial charge >= 0.3 is 0 Å². The van der Waals surface area contributed by atoms with Gasteiger partial charge in [-0.3, -0.25) is 0 Å². The molecule has 3 aromatic rings. The number of aromatic nitrogens is 6. The van der Waals surface area contributed by atoms with Crippen LogP contribution < -0.4 is 4.74 Å². The lowest BCUT2D eigenvalue weighted by molar-refractivity contribution is 0.00140. The monoisotopic (exact) mass is 502 g/mol. The van der Waals surface area contributed by atoms with Gasteiger partial charge in [-0.1, -0.05) is 0 Å². The van der Waals surface area contributed by atoms with Gasteiger partial charge in [0.2, 0.25) is 5.88 Å². The molecule has 0 amide bonds. The Hall–Kier alpha value is -2.96. The van der Waals surface area contributed by atoms with Crippen molar-refractivity contribution in [3.63, 3.8) is 0 Å².